The Morgan fingerprint density at radius 3 is 2.38 bits per heavy atom. The van der Waals surface area contributed by atoms with Crippen LogP contribution < -0.4 is 14.8 Å². The molecule has 1 N–H and O–H groups in total. The van der Waals surface area contributed by atoms with Crippen LogP contribution in [0.15, 0.2) is 42.5 Å². The summed E-state index contributed by atoms with van der Waals surface area (Å²) in [7, 11) is 0. The van der Waals surface area contributed by atoms with E-state index >= 15 is 0 Å². The van der Waals surface area contributed by atoms with Crippen LogP contribution in [-0.4, -0.2) is 36.6 Å². The fourth-order valence-electron chi connectivity index (χ4n) is 3.13. The van der Waals surface area contributed by atoms with Gasteiger partial charge in [0.05, 0.1) is 6.54 Å². The van der Waals surface area contributed by atoms with Crippen molar-refractivity contribution in [3.05, 3.63) is 59.2 Å². The predicted octanol–water partition coefficient (Wildman–Crippen LogP) is 3.49. The average Bonchev–Trinajstić information content (AvgIpc) is 3.17. The first-order valence-corrected chi connectivity index (χ1v) is 9.83. The third-order valence-corrected chi connectivity index (χ3v) is 4.96. The Kier molecular flexibility index (Phi) is 6.11. The van der Waals surface area contributed by atoms with E-state index in [0.717, 1.165) is 11.1 Å². The summed E-state index contributed by atoms with van der Waals surface area (Å²) in [6, 6.07) is 13.1. The largest absolute Gasteiger partial charge is 0.454 e. The fourth-order valence-corrected chi connectivity index (χ4v) is 3.13. The second-order valence-corrected chi connectivity index (χ2v) is 8.11. The molecule has 0 saturated heterocycles. The molecule has 2 aromatic carbocycles. The normalized spacial score (nSPS) is 12.6. The van der Waals surface area contributed by atoms with Gasteiger partial charge in [-0.25, -0.2) is 0 Å². The molecule has 2 amide bonds. The van der Waals surface area contributed by atoms with Crippen LogP contribution in [0.2, 0.25) is 0 Å². The summed E-state index contributed by atoms with van der Waals surface area (Å²) >= 11 is 0. The monoisotopic (exact) mass is 396 g/mol. The van der Waals surface area contributed by atoms with Gasteiger partial charge in [0.25, 0.3) is 5.91 Å². The number of likely N-dealkylation sites (N-methyl/N-ethyl adjacent to an activating group) is 1. The molecule has 6 heteroatoms. The van der Waals surface area contributed by atoms with Crippen molar-refractivity contribution in [2.75, 3.05) is 19.9 Å². The lowest BCUT2D eigenvalue weighted by atomic mass is 9.87. The molecule has 0 aliphatic carbocycles. The Morgan fingerprint density at radius 1 is 1.03 bits per heavy atom. The zero-order valence-corrected chi connectivity index (χ0v) is 17.5. The zero-order chi connectivity index (χ0) is 21.0. The molecule has 0 atom stereocenters. The van der Waals surface area contributed by atoms with Crippen LogP contribution in [0.25, 0.3) is 0 Å². The topological polar surface area (TPSA) is 67.9 Å². The number of amides is 2. The van der Waals surface area contributed by atoms with E-state index in [1.165, 1.54) is 0 Å². The number of benzene rings is 2. The van der Waals surface area contributed by atoms with Gasteiger partial charge in [0.1, 0.15) is 0 Å². The molecule has 1 aliphatic heterocycles. The molecule has 29 heavy (non-hydrogen) atoms. The van der Waals surface area contributed by atoms with Gasteiger partial charge in [0.2, 0.25) is 12.7 Å². The first-order chi connectivity index (χ1) is 13.8. The van der Waals surface area contributed by atoms with Gasteiger partial charge < -0.3 is 19.7 Å². The molecule has 2 aromatic rings. The quantitative estimate of drug-likeness (QED) is 0.812. The SMILES string of the molecule is CCN(Cc1ccc2c(c1)OCO2)C(=O)CNC(=O)c1ccc(C(C)(C)C)cc1. The molecule has 0 saturated carbocycles. The molecular weight excluding hydrogens is 368 g/mol. The maximum Gasteiger partial charge on any atom is 0.251 e. The Balaban J connectivity index is 1.56. The summed E-state index contributed by atoms with van der Waals surface area (Å²) in [5, 5.41) is 2.72. The first kappa shape index (κ1) is 20.7. The molecule has 3 rings (SSSR count). The second kappa shape index (κ2) is 8.55. The van der Waals surface area contributed by atoms with Crippen LogP contribution in [0.5, 0.6) is 11.5 Å². The summed E-state index contributed by atoms with van der Waals surface area (Å²) in [6.07, 6.45) is 0. The van der Waals surface area contributed by atoms with Crippen LogP contribution in [0.4, 0.5) is 0 Å². The summed E-state index contributed by atoms with van der Waals surface area (Å²) in [4.78, 5) is 26.7. The van der Waals surface area contributed by atoms with E-state index in [4.69, 9.17) is 9.47 Å². The van der Waals surface area contributed by atoms with E-state index in [9.17, 15) is 9.59 Å². The highest BCUT2D eigenvalue weighted by molar-refractivity contribution is 5.96. The summed E-state index contributed by atoms with van der Waals surface area (Å²) in [5.41, 5.74) is 2.69. The van der Waals surface area contributed by atoms with Crippen molar-refractivity contribution >= 4 is 11.8 Å². The number of rotatable bonds is 6. The Morgan fingerprint density at radius 2 is 1.72 bits per heavy atom. The Bertz CT molecular complexity index is 885. The fraction of sp³-hybridized carbons (Fsp3) is 0.391. The lowest BCUT2D eigenvalue weighted by Crippen LogP contribution is -2.39. The molecule has 0 fully saturated rings. The van der Waals surface area contributed by atoms with E-state index in [1.54, 1.807) is 17.0 Å². The van der Waals surface area contributed by atoms with E-state index in [-0.39, 0.29) is 30.6 Å². The minimum Gasteiger partial charge on any atom is -0.454 e. The summed E-state index contributed by atoms with van der Waals surface area (Å²) in [5.74, 6) is 1.02. The van der Waals surface area contributed by atoms with E-state index in [1.807, 2.05) is 37.3 Å². The number of hydrogen-bond donors (Lipinski definition) is 1. The van der Waals surface area contributed by atoms with Crippen LogP contribution in [0.1, 0.15) is 49.2 Å². The number of hydrogen-bond acceptors (Lipinski definition) is 4. The summed E-state index contributed by atoms with van der Waals surface area (Å²) in [6.45, 7) is 9.46. The van der Waals surface area contributed by atoms with Gasteiger partial charge >= 0.3 is 0 Å². The van der Waals surface area contributed by atoms with Crippen molar-refractivity contribution in [2.24, 2.45) is 0 Å². The first-order valence-electron chi connectivity index (χ1n) is 9.83. The van der Waals surface area contributed by atoms with Gasteiger partial charge in [0.15, 0.2) is 11.5 Å². The van der Waals surface area contributed by atoms with Crippen molar-refractivity contribution in [3.63, 3.8) is 0 Å². The van der Waals surface area contributed by atoms with Gasteiger partial charge in [0, 0.05) is 18.7 Å². The molecule has 154 valence electrons. The molecule has 1 aliphatic rings. The molecule has 1 heterocycles. The Labute approximate surface area is 171 Å². The molecule has 0 aromatic heterocycles. The third-order valence-electron chi connectivity index (χ3n) is 4.96. The number of nitrogens with zero attached hydrogens (tertiary/aromatic N) is 1. The van der Waals surface area contributed by atoms with Crippen LogP contribution in [-0.2, 0) is 16.8 Å². The molecule has 6 nitrogen and oxygen atoms in total. The highest BCUT2D eigenvalue weighted by atomic mass is 16.7. The number of carbonyl (C=O) groups excluding carboxylic acids is 2. The number of carbonyl (C=O) groups is 2. The molecule has 0 spiro atoms. The van der Waals surface area contributed by atoms with Gasteiger partial charge in [-0.3, -0.25) is 9.59 Å². The Hall–Kier alpha value is -3.02. The van der Waals surface area contributed by atoms with E-state index in [2.05, 4.69) is 26.1 Å². The smallest absolute Gasteiger partial charge is 0.251 e. The highest BCUT2D eigenvalue weighted by Crippen LogP contribution is 2.32. The lowest BCUT2D eigenvalue weighted by molar-refractivity contribution is -0.130. The number of nitrogens with one attached hydrogen (secondary N) is 1. The zero-order valence-electron chi connectivity index (χ0n) is 17.5. The molecular formula is C23H28N2O4. The standard InChI is InChI=1S/C23H28N2O4/c1-5-25(14-16-6-11-19-20(12-16)29-15-28-19)21(26)13-24-22(27)17-7-9-18(10-8-17)23(2,3)4/h6-12H,5,13-15H2,1-4H3,(H,24,27). The number of fused-ring (bicyclic) bond motifs is 1. The minimum atomic E-state index is -0.252. The van der Waals surface area contributed by atoms with E-state index < -0.39 is 0 Å². The van der Waals surface area contributed by atoms with Crippen molar-refractivity contribution in [3.8, 4) is 11.5 Å². The van der Waals surface area contributed by atoms with Gasteiger partial charge in [-0.1, -0.05) is 39.0 Å². The van der Waals surface area contributed by atoms with Crippen molar-refractivity contribution < 1.29 is 19.1 Å². The van der Waals surface area contributed by atoms with Gasteiger partial charge in [-0.05, 0) is 47.7 Å². The van der Waals surface area contributed by atoms with Crippen molar-refractivity contribution in [1.82, 2.24) is 10.2 Å². The lowest BCUT2D eigenvalue weighted by Gasteiger charge is -2.21. The molecule has 0 radical (unpaired) electrons. The van der Waals surface area contributed by atoms with Crippen LogP contribution >= 0.6 is 0 Å². The van der Waals surface area contributed by atoms with Gasteiger partial charge in [-0.2, -0.15) is 0 Å². The second-order valence-electron chi connectivity index (χ2n) is 8.11. The minimum absolute atomic E-state index is 0.0291. The predicted molar refractivity (Wildman–Crippen MR) is 111 cm³/mol. The molecule has 0 unspecified atom stereocenters. The molecule has 0 bridgehead atoms. The van der Waals surface area contributed by atoms with Crippen LogP contribution in [0, 0.1) is 0 Å². The third kappa shape index (κ3) is 5.08. The van der Waals surface area contributed by atoms with Gasteiger partial charge in [-0.15, -0.1) is 0 Å². The van der Waals surface area contributed by atoms with Crippen molar-refractivity contribution in [2.45, 2.75) is 39.7 Å². The maximum atomic E-state index is 12.6. The van der Waals surface area contributed by atoms with E-state index in [0.29, 0.717) is 30.2 Å². The summed E-state index contributed by atoms with van der Waals surface area (Å²) < 4.78 is 10.7. The van der Waals surface area contributed by atoms with Crippen LogP contribution in [0.3, 0.4) is 0 Å². The van der Waals surface area contributed by atoms with Crippen molar-refractivity contribution in [1.29, 1.82) is 0 Å². The average molecular weight is 396 g/mol. The highest BCUT2D eigenvalue weighted by Gasteiger charge is 2.18. The maximum absolute atomic E-state index is 12.6. The number of ether oxygens (including phenoxy) is 2.